The zero-order chi connectivity index (χ0) is 62.6. The molecule has 0 unspecified atom stereocenters. The summed E-state index contributed by atoms with van der Waals surface area (Å²) in [5, 5.41) is 7.47. The van der Waals surface area contributed by atoms with Gasteiger partial charge in [-0.3, -0.25) is 0 Å². The summed E-state index contributed by atoms with van der Waals surface area (Å²) >= 11 is 0. The van der Waals surface area contributed by atoms with Crippen molar-refractivity contribution in [2.45, 2.75) is 26.2 Å². The van der Waals surface area contributed by atoms with Gasteiger partial charge in [-0.05, 0) is 218 Å². The third-order valence-electron chi connectivity index (χ3n) is 18.6. The molecule has 0 fully saturated rings. The third kappa shape index (κ3) is 12.1. The number of hydrogen-bond donors (Lipinski definition) is 0. The average molecular weight is 1200 g/mol. The summed E-state index contributed by atoms with van der Waals surface area (Å²) in [6.45, 7) is 2.67. The van der Waals surface area contributed by atoms with Crippen molar-refractivity contribution in [3.63, 3.8) is 0 Å². The maximum absolute atomic E-state index is 2.64. The minimum absolute atomic E-state index is 0.666. The summed E-state index contributed by atoms with van der Waals surface area (Å²) < 4.78 is 0. The van der Waals surface area contributed by atoms with Gasteiger partial charge >= 0.3 is 0 Å². The minimum Gasteiger partial charge on any atom is -0.362 e. The largest absolute Gasteiger partial charge is 0.362 e. The molecule has 0 atom stereocenters. The van der Waals surface area contributed by atoms with Crippen LogP contribution in [-0.2, 0) is 26.2 Å². The molecule has 2 heteroatoms. The molecule has 0 radical (unpaired) electrons. The van der Waals surface area contributed by atoms with Crippen molar-refractivity contribution >= 4 is 43.7 Å². The van der Waals surface area contributed by atoms with E-state index in [1.165, 1.54) is 155 Å². The van der Waals surface area contributed by atoms with E-state index in [1.54, 1.807) is 0 Å². The quantitative estimate of drug-likeness (QED) is 0.0790. The predicted octanol–water partition coefficient (Wildman–Crippen LogP) is 24.3. The SMILES string of the molecule is c1ccc(-c2cc(CN(Cc3cc(-c4ccccc4)cc(-c4ccccc4)c3)c3ccc4ccc5c(N(Cc6cc(-c7ccccc7)cc(-c7ccccc7)c6)Cc6cc(-c7ccccc7)cc(-c7ccccc7)c6)ccc6ccc3c4c65)cc(-c3ccccc3)c2)cc1. The summed E-state index contributed by atoms with van der Waals surface area (Å²) in [6, 6.07) is 135. The molecule has 2 nitrogen and oxygen atoms in total. The lowest BCUT2D eigenvalue weighted by Gasteiger charge is -2.30. The number of hydrogen-bond acceptors (Lipinski definition) is 2. The van der Waals surface area contributed by atoms with Crippen molar-refractivity contribution in [1.82, 2.24) is 0 Å². The van der Waals surface area contributed by atoms with Crippen molar-refractivity contribution in [3.8, 4) is 89.0 Å². The molecule has 0 aromatic heterocycles. The van der Waals surface area contributed by atoms with Crippen LogP contribution in [0.15, 0.2) is 364 Å². The molecule has 0 aliphatic rings. The fourth-order valence-electron chi connectivity index (χ4n) is 14.2. The maximum atomic E-state index is 2.64. The molecule has 0 saturated carbocycles. The topological polar surface area (TPSA) is 6.48 Å². The predicted molar refractivity (Wildman–Crippen MR) is 399 cm³/mol. The van der Waals surface area contributed by atoms with E-state index in [9.17, 15) is 0 Å². The molecular formula is C92H68N2. The Labute approximate surface area is 551 Å². The number of anilines is 2. The molecule has 16 aromatic rings. The Morgan fingerprint density at radius 1 is 0.160 bits per heavy atom. The van der Waals surface area contributed by atoms with Crippen LogP contribution >= 0.6 is 0 Å². The first-order valence-electron chi connectivity index (χ1n) is 32.7. The van der Waals surface area contributed by atoms with Crippen molar-refractivity contribution in [1.29, 1.82) is 0 Å². The second-order valence-corrected chi connectivity index (χ2v) is 24.9. The molecule has 94 heavy (non-hydrogen) atoms. The zero-order valence-electron chi connectivity index (χ0n) is 52.4. The Morgan fingerprint density at radius 3 is 0.532 bits per heavy atom. The van der Waals surface area contributed by atoms with Crippen molar-refractivity contribution in [2.75, 3.05) is 9.80 Å². The lowest BCUT2D eigenvalue weighted by atomic mass is 9.91. The highest BCUT2D eigenvalue weighted by Crippen LogP contribution is 2.45. The van der Waals surface area contributed by atoms with Crippen LogP contribution in [0.5, 0.6) is 0 Å². The highest BCUT2D eigenvalue weighted by Gasteiger charge is 2.23. The van der Waals surface area contributed by atoms with Crippen LogP contribution < -0.4 is 9.80 Å². The van der Waals surface area contributed by atoms with Crippen molar-refractivity contribution in [3.05, 3.63) is 386 Å². The van der Waals surface area contributed by atoms with Gasteiger partial charge in [0.05, 0.1) is 0 Å². The van der Waals surface area contributed by atoms with E-state index in [-0.39, 0.29) is 0 Å². The highest BCUT2D eigenvalue weighted by atomic mass is 15.1. The Kier molecular flexibility index (Phi) is 15.7. The van der Waals surface area contributed by atoms with Crippen molar-refractivity contribution < 1.29 is 0 Å². The monoisotopic (exact) mass is 1200 g/mol. The van der Waals surface area contributed by atoms with E-state index < -0.39 is 0 Å². The molecular weight excluding hydrogens is 1130 g/mol. The van der Waals surface area contributed by atoms with Gasteiger partial charge in [0.2, 0.25) is 0 Å². The number of benzene rings is 16. The summed E-state index contributed by atoms with van der Waals surface area (Å²) in [6.07, 6.45) is 0. The third-order valence-corrected chi connectivity index (χ3v) is 18.6. The minimum atomic E-state index is 0.666. The van der Waals surface area contributed by atoms with E-state index in [0.717, 1.165) is 0 Å². The Hall–Kier alpha value is -11.8. The molecule has 0 spiro atoms. The van der Waals surface area contributed by atoms with Gasteiger partial charge in [-0.2, -0.15) is 0 Å². The highest BCUT2D eigenvalue weighted by molar-refractivity contribution is 6.27. The van der Waals surface area contributed by atoms with E-state index in [4.69, 9.17) is 0 Å². The standard InChI is InChI=1S/C92H68N2/c1-9-25-69(26-10-1)79-49-65(50-80(57-79)70-27-11-2-12-28-70)61-93(62-66-51-81(71-29-13-3-14-30-71)58-82(52-66)72-31-15-4-16-32-72)89-47-43-77-42-46-88-90(48-44-78-41-45-87(89)91(77)92(78)88)94(63-67-53-83(73-33-17-5-18-34-73)59-84(54-67)74-35-19-6-20-36-74)64-68-55-85(75-37-21-7-22-38-75)60-86(56-68)76-39-23-8-24-40-76/h1-60H,61-64H2. The van der Waals surface area contributed by atoms with Gasteiger partial charge in [0.25, 0.3) is 0 Å². The van der Waals surface area contributed by atoms with Gasteiger partial charge in [-0.15, -0.1) is 0 Å². The second-order valence-electron chi connectivity index (χ2n) is 24.9. The van der Waals surface area contributed by atoms with Crippen LogP contribution in [0.3, 0.4) is 0 Å². The van der Waals surface area contributed by atoms with E-state index in [1.807, 2.05) is 0 Å². The fraction of sp³-hybridized carbons (Fsp3) is 0.0435. The second kappa shape index (κ2) is 25.8. The maximum Gasteiger partial charge on any atom is 0.0452 e. The lowest BCUT2D eigenvalue weighted by Crippen LogP contribution is -2.23. The molecule has 0 bridgehead atoms. The van der Waals surface area contributed by atoms with Crippen LogP contribution in [0.1, 0.15) is 22.3 Å². The smallest absolute Gasteiger partial charge is 0.0452 e. The normalized spacial score (nSPS) is 11.4. The number of rotatable bonds is 18. The zero-order valence-corrected chi connectivity index (χ0v) is 52.4. The molecule has 0 aliphatic carbocycles. The van der Waals surface area contributed by atoms with E-state index in [2.05, 4.69) is 374 Å². The Morgan fingerprint density at radius 2 is 0.340 bits per heavy atom. The average Bonchev–Trinajstić information content (AvgIpc) is 0.728. The first kappa shape index (κ1) is 57.3. The van der Waals surface area contributed by atoms with Crippen LogP contribution in [0.2, 0.25) is 0 Å². The first-order valence-corrected chi connectivity index (χ1v) is 32.7. The van der Waals surface area contributed by atoms with Gasteiger partial charge in [0, 0.05) is 48.3 Å². The van der Waals surface area contributed by atoms with Gasteiger partial charge in [0.15, 0.2) is 0 Å². The molecule has 0 aliphatic heterocycles. The van der Waals surface area contributed by atoms with Crippen LogP contribution in [0.25, 0.3) is 121 Å². The molecule has 16 rings (SSSR count). The summed E-state index contributed by atoms with van der Waals surface area (Å²) in [7, 11) is 0. The van der Waals surface area contributed by atoms with Gasteiger partial charge in [0.1, 0.15) is 0 Å². The van der Waals surface area contributed by atoms with Gasteiger partial charge < -0.3 is 9.80 Å². The van der Waals surface area contributed by atoms with Crippen molar-refractivity contribution in [2.24, 2.45) is 0 Å². The molecule has 446 valence electrons. The number of nitrogens with zero attached hydrogens (tertiary/aromatic N) is 2. The summed E-state index contributed by atoms with van der Waals surface area (Å²) in [5.41, 5.74) is 26.6. The van der Waals surface area contributed by atoms with E-state index >= 15 is 0 Å². The summed E-state index contributed by atoms with van der Waals surface area (Å²) in [4.78, 5) is 5.29. The molecule has 0 N–H and O–H groups in total. The van der Waals surface area contributed by atoms with Gasteiger partial charge in [-0.1, -0.05) is 279 Å². The van der Waals surface area contributed by atoms with Crippen LogP contribution in [0.4, 0.5) is 11.4 Å². The Bertz CT molecular complexity index is 4450. The molecule has 16 aromatic carbocycles. The summed E-state index contributed by atoms with van der Waals surface area (Å²) in [5.74, 6) is 0. The first-order chi connectivity index (χ1) is 46.5. The van der Waals surface area contributed by atoms with Crippen LogP contribution in [-0.4, -0.2) is 0 Å². The Balaban J connectivity index is 0.885. The van der Waals surface area contributed by atoms with Gasteiger partial charge in [-0.25, -0.2) is 0 Å². The fourth-order valence-corrected chi connectivity index (χ4v) is 14.2. The van der Waals surface area contributed by atoms with Crippen LogP contribution in [0, 0.1) is 0 Å². The van der Waals surface area contributed by atoms with E-state index in [0.29, 0.717) is 26.2 Å². The molecule has 0 amide bonds. The lowest BCUT2D eigenvalue weighted by molar-refractivity contribution is 0.804. The molecule has 0 saturated heterocycles. The molecule has 0 heterocycles.